The van der Waals surface area contributed by atoms with Gasteiger partial charge in [-0.15, -0.1) is 0 Å². The number of hydrogen-bond donors (Lipinski definition) is 0. The molecule has 1 fully saturated rings. The van der Waals surface area contributed by atoms with Crippen LogP contribution in [0.3, 0.4) is 0 Å². The van der Waals surface area contributed by atoms with E-state index >= 15 is 0 Å². The van der Waals surface area contributed by atoms with Crippen LogP contribution < -0.4 is 4.90 Å². The molecule has 1 aromatic rings. The Morgan fingerprint density at radius 3 is 2.62 bits per heavy atom. The first-order valence-electron chi connectivity index (χ1n) is 6.64. The van der Waals surface area contributed by atoms with Crippen molar-refractivity contribution >= 4 is 29.1 Å². The van der Waals surface area contributed by atoms with Crippen molar-refractivity contribution in [2.24, 2.45) is 0 Å². The van der Waals surface area contributed by atoms with Crippen LogP contribution in [-0.2, 0) is 4.74 Å². The lowest BCUT2D eigenvalue weighted by Crippen LogP contribution is -2.49. The van der Waals surface area contributed by atoms with E-state index in [1.54, 1.807) is 24.0 Å². The number of para-hydroxylation sites is 1. The van der Waals surface area contributed by atoms with Crippen LogP contribution in [0.15, 0.2) is 18.2 Å². The van der Waals surface area contributed by atoms with Crippen LogP contribution in [-0.4, -0.2) is 48.7 Å². The molecule has 1 saturated heterocycles. The van der Waals surface area contributed by atoms with E-state index in [-0.39, 0.29) is 11.8 Å². The van der Waals surface area contributed by atoms with Gasteiger partial charge in [0.15, 0.2) is 0 Å². The van der Waals surface area contributed by atoms with Gasteiger partial charge in [-0.25, -0.2) is 4.79 Å². The molecule has 1 aromatic carbocycles. The molecule has 21 heavy (non-hydrogen) atoms. The average Bonchev–Trinajstić information content (AvgIpc) is 2.47. The van der Waals surface area contributed by atoms with Crippen LogP contribution in [0, 0.1) is 10.1 Å². The Bertz CT molecular complexity index is 544. The molecule has 0 unspecified atom stereocenters. The number of halogens is 1. The van der Waals surface area contributed by atoms with Crippen molar-refractivity contribution in [1.82, 2.24) is 4.90 Å². The van der Waals surface area contributed by atoms with Crippen molar-refractivity contribution in [3.05, 3.63) is 33.3 Å². The summed E-state index contributed by atoms with van der Waals surface area (Å²) in [6, 6.07) is 4.61. The number of nitro benzene ring substituents is 1. The van der Waals surface area contributed by atoms with Crippen LogP contribution in [0.1, 0.15) is 6.92 Å². The van der Waals surface area contributed by atoms with E-state index in [2.05, 4.69) is 0 Å². The van der Waals surface area contributed by atoms with Crippen LogP contribution in [0.4, 0.5) is 16.2 Å². The quantitative estimate of drug-likeness (QED) is 0.633. The normalized spacial score (nSPS) is 15.0. The van der Waals surface area contributed by atoms with Crippen molar-refractivity contribution < 1.29 is 14.5 Å². The second-order valence-electron chi connectivity index (χ2n) is 4.54. The number of amides is 1. The summed E-state index contributed by atoms with van der Waals surface area (Å²) in [6.07, 6.45) is -0.356. The first kappa shape index (κ1) is 15.4. The number of carbonyl (C=O) groups excluding carboxylic acids is 1. The number of anilines is 1. The van der Waals surface area contributed by atoms with E-state index in [0.717, 1.165) is 0 Å². The van der Waals surface area contributed by atoms with E-state index in [1.165, 1.54) is 6.07 Å². The third-order valence-corrected chi connectivity index (χ3v) is 3.59. The van der Waals surface area contributed by atoms with Crippen LogP contribution >= 0.6 is 11.6 Å². The molecule has 1 aliphatic heterocycles. The highest BCUT2D eigenvalue weighted by Gasteiger charge is 2.27. The fourth-order valence-corrected chi connectivity index (χ4v) is 2.58. The molecule has 0 radical (unpaired) electrons. The molecule has 2 rings (SSSR count). The molecule has 8 heteroatoms. The fourth-order valence-electron chi connectivity index (χ4n) is 2.29. The van der Waals surface area contributed by atoms with E-state index in [1.807, 2.05) is 4.90 Å². The number of nitro groups is 1. The molecule has 0 aliphatic carbocycles. The Kier molecular flexibility index (Phi) is 4.85. The van der Waals surface area contributed by atoms with Crippen LogP contribution in [0.5, 0.6) is 0 Å². The predicted octanol–water partition coefficient (Wildman–Crippen LogP) is 2.53. The van der Waals surface area contributed by atoms with Gasteiger partial charge in [0.2, 0.25) is 0 Å². The number of ether oxygens (including phenoxy) is 1. The summed E-state index contributed by atoms with van der Waals surface area (Å²) >= 11 is 6.10. The monoisotopic (exact) mass is 313 g/mol. The third kappa shape index (κ3) is 3.36. The van der Waals surface area contributed by atoms with Crippen molar-refractivity contribution in [1.29, 1.82) is 0 Å². The van der Waals surface area contributed by atoms with Gasteiger partial charge in [0.1, 0.15) is 5.69 Å². The van der Waals surface area contributed by atoms with Gasteiger partial charge in [0.05, 0.1) is 16.6 Å². The number of benzene rings is 1. The summed E-state index contributed by atoms with van der Waals surface area (Å²) in [4.78, 5) is 25.7. The maximum Gasteiger partial charge on any atom is 0.409 e. The summed E-state index contributed by atoms with van der Waals surface area (Å²) in [7, 11) is 0. The first-order chi connectivity index (χ1) is 10.0. The maximum absolute atomic E-state index is 11.6. The number of rotatable bonds is 3. The van der Waals surface area contributed by atoms with Crippen molar-refractivity contribution in [3.63, 3.8) is 0 Å². The Hall–Kier alpha value is -2.02. The van der Waals surface area contributed by atoms with Crippen molar-refractivity contribution in [2.75, 3.05) is 37.7 Å². The molecule has 0 saturated carbocycles. The largest absolute Gasteiger partial charge is 0.450 e. The lowest BCUT2D eigenvalue weighted by molar-refractivity contribution is -0.384. The Morgan fingerprint density at radius 2 is 2.05 bits per heavy atom. The number of piperazine rings is 1. The molecular formula is C13H16ClN3O4. The van der Waals surface area contributed by atoms with Gasteiger partial charge in [-0.05, 0) is 13.0 Å². The second kappa shape index (κ2) is 6.62. The summed E-state index contributed by atoms with van der Waals surface area (Å²) in [5.41, 5.74) is 0.389. The molecule has 0 bridgehead atoms. The highest BCUT2D eigenvalue weighted by Crippen LogP contribution is 2.35. The van der Waals surface area contributed by atoms with Crippen molar-refractivity contribution in [3.8, 4) is 0 Å². The molecule has 0 atom stereocenters. The van der Waals surface area contributed by atoms with Gasteiger partial charge in [-0.1, -0.05) is 17.7 Å². The minimum Gasteiger partial charge on any atom is -0.450 e. The van der Waals surface area contributed by atoms with E-state index < -0.39 is 4.92 Å². The van der Waals surface area contributed by atoms with Gasteiger partial charge >= 0.3 is 6.09 Å². The molecule has 0 aromatic heterocycles. The predicted molar refractivity (Wildman–Crippen MR) is 78.9 cm³/mol. The molecule has 7 nitrogen and oxygen atoms in total. The summed E-state index contributed by atoms with van der Waals surface area (Å²) in [6.45, 7) is 3.92. The molecule has 0 spiro atoms. The highest BCUT2D eigenvalue weighted by atomic mass is 35.5. The Morgan fingerprint density at radius 1 is 1.38 bits per heavy atom. The second-order valence-corrected chi connectivity index (χ2v) is 4.94. The summed E-state index contributed by atoms with van der Waals surface area (Å²) in [5, 5.41) is 11.5. The Balaban J connectivity index is 2.13. The third-order valence-electron chi connectivity index (χ3n) is 3.28. The Labute approximate surface area is 127 Å². The molecule has 1 amide bonds. The average molecular weight is 314 g/mol. The van der Waals surface area contributed by atoms with Gasteiger partial charge < -0.3 is 14.5 Å². The standard InChI is InChI=1S/C13H16ClN3O4/c1-2-21-13(18)16-8-6-15(7-9-16)12-10(14)4-3-5-11(12)17(19)20/h3-5H,2,6-9H2,1H3. The van der Waals surface area contributed by atoms with Crippen molar-refractivity contribution in [2.45, 2.75) is 6.92 Å². The molecule has 114 valence electrons. The number of nitrogens with zero attached hydrogens (tertiary/aromatic N) is 3. The molecule has 0 N–H and O–H groups in total. The molecule has 1 heterocycles. The topological polar surface area (TPSA) is 75.9 Å². The number of carbonyl (C=O) groups is 1. The number of hydrogen-bond acceptors (Lipinski definition) is 5. The van der Waals surface area contributed by atoms with Gasteiger partial charge in [-0.3, -0.25) is 10.1 Å². The van der Waals surface area contributed by atoms with Gasteiger partial charge in [0.25, 0.3) is 5.69 Å². The van der Waals surface area contributed by atoms with E-state index in [0.29, 0.717) is 43.5 Å². The fraction of sp³-hybridized carbons (Fsp3) is 0.462. The van der Waals surface area contributed by atoms with Crippen LogP contribution in [0.25, 0.3) is 0 Å². The van der Waals surface area contributed by atoms with Gasteiger partial charge in [0, 0.05) is 32.2 Å². The zero-order valence-corrected chi connectivity index (χ0v) is 12.4. The lowest BCUT2D eigenvalue weighted by atomic mass is 10.2. The highest BCUT2D eigenvalue weighted by molar-refractivity contribution is 6.33. The lowest BCUT2D eigenvalue weighted by Gasteiger charge is -2.35. The van der Waals surface area contributed by atoms with Gasteiger partial charge in [-0.2, -0.15) is 0 Å². The van der Waals surface area contributed by atoms with E-state index in [9.17, 15) is 14.9 Å². The zero-order valence-electron chi connectivity index (χ0n) is 11.6. The minimum atomic E-state index is -0.446. The maximum atomic E-state index is 11.6. The minimum absolute atomic E-state index is 0.0212. The van der Waals surface area contributed by atoms with E-state index in [4.69, 9.17) is 16.3 Å². The SMILES string of the molecule is CCOC(=O)N1CCN(c2c(Cl)cccc2[N+](=O)[O-])CC1. The molecule has 1 aliphatic rings. The zero-order chi connectivity index (χ0) is 15.4. The molecular weight excluding hydrogens is 298 g/mol. The first-order valence-corrected chi connectivity index (χ1v) is 7.02. The van der Waals surface area contributed by atoms with Crippen LogP contribution in [0.2, 0.25) is 5.02 Å². The summed E-state index contributed by atoms with van der Waals surface area (Å²) in [5.74, 6) is 0. The summed E-state index contributed by atoms with van der Waals surface area (Å²) < 4.78 is 4.94. The smallest absolute Gasteiger partial charge is 0.409 e.